The number of rotatable bonds is 10. The summed E-state index contributed by atoms with van der Waals surface area (Å²) in [4.78, 5) is 12.7. The summed E-state index contributed by atoms with van der Waals surface area (Å²) in [6, 6.07) is 32.5. The third-order valence-corrected chi connectivity index (χ3v) is 6.32. The van der Waals surface area contributed by atoms with Crippen LogP contribution in [0.25, 0.3) is 0 Å². The number of carbonyl (C=O) groups is 1. The van der Waals surface area contributed by atoms with Crippen LogP contribution in [0.15, 0.2) is 109 Å². The van der Waals surface area contributed by atoms with Crippen molar-refractivity contribution in [2.24, 2.45) is 0 Å². The molecule has 0 unspecified atom stereocenters. The van der Waals surface area contributed by atoms with Gasteiger partial charge < -0.3 is 14.8 Å². The number of benzene rings is 4. The number of carbonyl (C=O) groups excluding carboxylic acids is 1. The quantitative estimate of drug-likeness (QED) is 0.311. The van der Waals surface area contributed by atoms with Crippen molar-refractivity contribution in [3.05, 3.63) is 115 Å². The van der Waals surface area contributed by atoms with Crippen LogP contribution in [0.1, 0.15) is 5.56 Å². The van der Waals surface area contributed by atoms with Crippen LogP contribution in [0.3, 0.4) is 0 Å². The molecule has 184 valence electrons. The number of amides is 1. The molecular weight excluding hydrogens is 476 g/mol. The Morgan fingerprint density at radius 1 is 0.750 bits per heavy atom. The monoisotopic (exact) mass is 502 g/mol. The predicted octanol–water partition coefficient (Wildman–Crippen LogP) is 5.46. The Bertz CT molecular complexity index is 1380. The molecule has 0 fully saturated rings. The SMILES string of the molecule is CS(=O)(=O)N(CC(=O)Nc1ccc(OCc2ccccc2)cc1)c1ccc(Oc2ccccc2)cc1. The van der Waals surface area contributed by atoms with E-state index in [0.29, 0.717) is 35.2 Å². The lowest BCUT2D eigenvalue weighted by molar-refractivity contribution is -0.114. The summed E-state index contributed by atoms with van der Waals surface area (Å²) < 4.78 is 37.4. The normalized spacial score (nSPS) is 10.9. The van der Waals surface area contributed by atoms with Gasteiger partial charge in [0, 0.05) is 5.69 Å². The number of hydrogen-bond acceptors (Lipinski definition) is 5. The first-order valence-electron chi connectivity index (χ1n) is 11.2. The molecule has 4 rings (SSSR count). The number of anilines is 2. The zero-order valence-corrected chi connectivity index (χ0v) is 20.5. The van der Waals surface area contributed by atoms with E-state index in [2.05, 4.69) is 5.32 Å². The van der Waals surface area contributed by atoms with E-state index in [4.69, 9.17) is 9.47 Å². The van der Waals surface area contributed by atoms with Gasteiger partial charge >= 0.3 is 0 Å². The Kier molecular flexibility index (Phi) is 7.87. The highest BCUT2D eigenvalue weighted by molar-refractivity contribution is 7.92. The second-order valence-electron chi connectivity index (χ2n) is 8.03. The van der Waals surface area contributed by atoms with E-state index in [-0.39, 0.29) is 6.54 Å². The molecule has 0 radical (unpaired) electrons. The fourth-order valence-electron chi connectivity index (χ4n) is 3.41. The Morgan fingerprint density at radius 3 is 1.92 bits per heavy atom. The number of nitrogens with zero attached hydrogens (tertiary/aromatic N) is 1. The van der Waals surface area contributed by atoms with E-state index in [0.717, 1.165) is 16.1 Å². The second-order valence-corrected chi connectivity index (χ2v) is 9.93. The number of ether oxygens (including phenoxy) is 2. The highest BCUT2D eigenvalue weighted by Gasteiger charge is 2.21. The molecule has 4 aromatic rings. The van der Waals surface area contributed by atoms with Gasteiger partial charge in [-0.15, -0.1) is 0 Å². The van der Waals surface area contributed by atoms with Crippen LogP contribution in [-0.4, -0.2) is 27.1 Å². The van der Waals surface area contributed by atoms with Crippen molar-refractivity contribution in [2.45, 2.75) is 6.61 Å². The van der Waals surface area contributed by atoms with Crippen molar-refractivity contribution < 1.29 is 22.7 Å². The molecule has 0 aliphatic rings. The maximum Gasteiger partial charge on any atom is 0.245 e. The summed E-state index contributed by atoms with van der Waals surface area (Å²) in [6.07, 6.45) is 1.06. The fraction of sp³-hybridized carbons (Fsp3) is 0.107. The smallest absolute Gasteiger partial charge is 0.245 e. The average Bonchev–Trinajstić information content (AvgIpc) is 2.88. The second kappa shape index (κ2) is 11.4. The Balaban J connectivity index is 1.36. The maximum absolute atomic E-state index is 12.7. The van der Waals surface area contributed by atoms with Gasteiger partial charge in [0.2, 0.25) is 15.9 Å². The van der Waals surface area contributed by atoms with Crippen molar-refractivity contribution in [2.75, 3.05) is 22.4 Å². The van der Waals surface area contributed by atoms with Crippen molar-refractivity contribution in [3.8, 4) is 17.2 Å². The van der Waals surface area contributed by atoms with Crippen LogP contribution >= 0.6 is 0 Å². The van der Waals surface area contributed by atoms with Crippen LogP contribution in [0.2, 0.25) is 0 Å². The Morgan fingerprint density at radius 2 is 1.31 bits per heavy atom. The summed E-state index contributed by atoms with van der Waals surface area (Å²) in [6.45, 7) is 0.0645. The standard InChI is InChI=1S/C28H26N2O5S/c1-36(32,33)30(24-14-18-27(19-15-24)35-26-10-6-3-7-11-26)20-28(31)29-23-12-16-25(17-13-23)34-21-22-8-4-2-5-9-22/h2-19H,20-21H2,1H3,(H,29,31). The molecule has 0 saturated carbocycles. The molecule has 0 aliphatic carbocycles. The van der Waals surface area contributed by atoms with Crippen LogP contribution in [-0.2, 0) is 21.4 Å². The van der Waals surface area contributed by atoms with Gasteiger partial charge in [0.25, 0.3) is 0 Å². The van der Waals surface area contributed by atoms with E-state index >= 15 is 0 Å². The largest absolute Gasteiger partial charge is 0.489 e. The van der Waals surface area contributed by atoms with E-state index in [1.807, 2.05) is 60.7 Å². The number of sulfonamides is 1. The van der Waals surface area contributed by atoms with Gasteiger partial charge in [0.05, 0.1) is 11.9 Å². The molecular formula is C28H26N2O5S. The summed E-state index contributed by atoms with van der Waals surface area (Å²) >= 11 is 0. The number of hydrogen-bond donors (Lipinski definition) is 1. The van der Waals surface area contributed by atoms with Gasteiger partial charge in [-0.1, -0.05) is 48.5 Å². The van der Waals surface area contributed by atoms with Gasteiger partial charge in [-0.25, -0.2) is 8.42 Å². The van der Waals surface area contributed by atoms with Crippen LogP contribution < -0.4 is 19.1 Å². The molecule has 0 atom stereocenters. The van der Waals surface area contributed by atoms with Crippen molar-refractivity contribution in [1.29, 1.82) is 0 Å². The van der Waals surface area contributed by atoms with E-state index < -0.39 is 15.9 Å². The van der Waals surface area contributed by atoms with Gasteiger partial charge in [0.1, 0.15) is 30.4 Å². The van der Waals surface area contributed by atoms with Crippen LogP contribution in [0.4, 0.5) is 11.4 Å². The molecule has 4 aromatic carbocycles. The highest BCUT2D eigenvalue weighted by atomic mass is 32.2. The first-order valence-corrected chi connectivity index (χ1v) is 13.1. The minimum Gasteiger partial charge on any atom is -0.489 e. The Hall–Kier alpha value is -4.30. The van der Waals surface area contributed by atoms with Gasteiger partial charge in [-0.2, -0.15) is 0 Å². The molecule has 7 nitrogen and oxygen atoms in total. The van der Waals surface area contributed by atoms with Crippen molar-refractivity contribution >= 4 is 27.3 Å². The molecule has 36 heavy (non-hydrogen) atoms. The van der Waals surface area contributed by atoms with Crippen molar-refractivity contribution in [3.63, 3.8) is 0 Å². The van der Waals surface area contributed by atoms with Gasteiger partial charge in [-0.3, -0.25) is 9.10 Å². The van der Waals surface area contributed by atoms with E-state index in [1.165, 1.54) is 0 Å². The summed E-state index contributed by atoms with van der Waals surface area (Å²) in [5.74, 6) is 1.41. The van der Waals surface area contributed by atoms with Gasteiger partial charge in [0.15, 0.2) is 0 Å². The predicted molar refractivity (Wildman–Crippen MR) is 141 cm³/mol. The fourth-order valence-corrected chi connectivity index (χ4v) is 4.27. The van der Waals surface area contributed by atoms with E-state index in [1.54, 1.807) is 48.5 Å². The first kappa shape index (κ1) is 24.8. The van der Waals surface area contributed by atoms with Gasteiger partial charge in [-0.05, 0) is 66.2 Å². The molecule has 0 heterocycles. The van der Waals surface area contributed by atoms with Crippen LogP contribution in [0.5, 0.6) is 17.2 Å². The van der Waals surface area contributed by atoms with Crippen molar-refractivity contribution in [1.82, 2.24) is 0 Å². The lowest BCUT2D eigenvalue weighted by Crippen LogP contribution is -2.37. The summed E-state index contributed by atoms with van der Waals surface area (Å²) in [7, 11) is -3.71. The zero-order chi connectivity index (χ0) is 25.4. The molecule has 0 bridgehead atoms. The molecule has 8 heteroatoms. The van der Waals surface area contributed by atoms with Crippen LogP contribution in [0, 0.1) is 0 Å². The number of para-hydroxylation sites is 1. The minimum absolute atomic E-state index is 0.359. The first-order chi connectivity index (χ1) is 17.4. The summed E-state index contributed by atoms with van der Waals surface area (Å²) in [5, 5.41) is 2.73. The average molecular weight is 503 g/mol. The summed E-state index contributed by atoms with van der Waals surface area (Å²) in [5.41, 5.74) is 1.94. The highest BCUT2D eigenvalue weighted by Crippen LogP contribution is 2.25. The number of nitrogens with one attached hydrogen (secondary N) is 1. The molecule has 0 aromatic heterocycles. The molecule has 1 N–H and O–H groups in total. The lowest BCUT2D eigenvalue weighted by Gasteiger charge is -2.22. The minimum atomic E-state index is -3.71. The third kappa shape index (κ3) is 7.10. The molecule has 1 amide bonds. The molecule has 0 aliphatic heterocycles. The third-order valence-electron chi connectivity index (χ3n) is 5.18. The van der Waals surface area contributed by atoms with E-state index in [9.17, 15) is 13.2 Å². The zero-order valence-electron chi connectivity index (χ0n) is 19.7. The topological polar surface area (TPSA) is 84.9 Å². The molecule has 0 spiro atoms. The maximum atomic E-state index is 12.7. The molecule has 0 saturated heterocycles. The Labute approximate surface area is 211 Å². The lowest BCUT2D eigenvalue weighted by atomic mass is 10.2.